The van der Waals surface area contributed by atoms with Gasteiger partial charge in [-0.15, -0.1) is 0 Å². The Balaban J connectivity index is 1.69. The molecule has 0 atom stereocenters. The first-order valence-electron chi connectivity index (χ1n) is 10.2. The molecule has 4 aromatic carbocycles. The molecule has 0 aliphatic carbocycles. The zero-order chi connectivity index (χ0) is 21.0. The molecule has 0 aliphatic heterocycles. The minimum absolute atomic E-state index is 0.458. The summed E-state index contributed by atoms with van der Waals surface area (Å²) in [6, 6.07) is 33.7. The van der Waals surface area contributed by atoms with Crippen molar-refractivity contribution in [2.75, 3.05) is 18.5 Å². The second-order valence-corrected chi connectivity index (χ2v) is 7.65. The molecule has 0 aliphatic rings. The summed E-state index contributed by atoms with van der Waals surface area (Å²) in [4.78, 5) is 14.9. The lowest BCUT2D eigenvalue weighted by atomic mass is 9.72. The van der Waals surface area contributed by atoms with Gasteiger partial charge in [-0.1, -0.05) is 91.0 Å². The maximum atomic E-state index is 12.7. The van der Waals surface area contributed by atoms with Gasteiger partial charge in [-0.25, -0.2) is 0 Å². The molecule has 0 fully saturated rings. The number of nitrogens with zero attached hydrogens (tertiary/aromatic N) is 1. The van der Waals surface area contributed by atoms with Gasteiger partial charge in [-0.05, 0) is 40.5 Å². The van der Waals surface area contributed by atoms with Gasteiger partial charge in [0.15, 0.2) is 0 Å². The van der Waals surface area contributed by atoms with Gasteiger partial charge in [0.05, 0.1) is 0 Å². The molecule has 3 nitrogen and oxygen atoms in total. The van der Waals surface area contributed by atoms with Crippen molar-refractivity contribution in [2.45, 2.75) is 11.8 Å². The molecule has 0 bridgehead atoms. The van der Waals surface area contributed by atoms with E-state index in [1.165, 1.54) is 10.8 Å². The lowest BCUT2D eigenvalue weighted by Gasteiger charge is -2.33. The van der Waals surface area contributed by atoms with Crippen molar-refractivity contribution >= 4 is 22.4 Å². The van der Waals surface area contributed by atoms with Crippen LogP contribution in [0.1, 0.15) is 17.5 Å². The summed E-state index contributed by atoms with van der Waals surface area (Å²) in [7, 11) is 2.02. The third-order valence-corrected chi connectivity index (χ3v) is 5.89. The molecule has 0 heterocycles. The largest absolute Gasteiger partial charge is 0.480 e. The van der Waals surface area contributed by atoms with E-state index >= 15 is 0 Å². The van der Waals surface area contributed by atoms with Crippen molar-refractivity contribution in [1.29, 1.82) is 0 Å². The Kier molecular flexibility index (Phi) is 5.53. The quantitative estimate of drug-likeness (QED) is 0.434. The maximum Gasteiger partial charge on any atom is 0.318 e. The highest BCUT2D eigenvalue weighted by Crippen LogP contribution is 2.37. The van der Waals surface area contributed by atoms with E-state index in [1.54, 1.807) is 0 Å². The van der Waals surface area contributed by atoms with Gasteiger partial charge in [0.2, 0.25) is 0 Å². The van der Waals surface area contributed by atoms with Gasteiger partial charge in [0, 0.05) is 19.3 Å². The number of hydrogen-bond acceptors (Lipinski definition) is 2. The number of carbonyl (C=O) groups is 1. The number of benzene rings is 4. The van der Waals surface area contributed by atoms with E-state index in [0.29, 0.717) is 13.0 Å². The maximum absolute atomic E-state index is 12.7. The lowest BCUT2D eigenvalue weighted by Crippen LogP contribution is -2.40. The van der Waals surface area contributed by atoms with Crippen LogP contribution in [-0.4, -0.2) is 24.7 Å². The molecule has 4 aromatic rings. The van der Waals surface area contributed by atoms with Gasteiger partial charge in [-0.3, -0.25) is 4.79 Å². The van der Waals surface area contributed by atoms with E-state index in [1.807, 2.05) is 79.8 Å². The van der Waals surface area contributed by atoms with Crippen LogP contribution in [0.5, 0.6) is 0 Å². The van der Waals surface area contributed by atoms with Gasteiger partial charge >= 0.3 is 5.97 Å². The predicted molar refractivity (Wildman–Crippen MR) is 123 cm³/mol. The first-order chi connectivity index (χ1) is 14.6. The number of hydrogen-bond donors (Lipinski definition) is 1. The average Bonchev–Trinajstić information content (AvgIpc) is 2.80. The lowest BCUT2D eigenvalue weighted by molar-refractivity contribution is -0.142. The summed E-state index contributed by atoms with van der Waals surface area (Å²) in [6.45, 7) is 0.606. The van der Waals surface area contributed by atoms with Crippen LogP contribution in [0.4, 0.5) is 5.69 Å². The molecule has 3 heteroatoms. The highest BCUT2D eigenvalue weighted by atomic mass is 16.4. The Bertz CT molecular complexity index is 1100. The fourth-order valence-electron chi connectivity index (χ4n) is 4.13. The topological polar surface area (TPSA) is 40.5 Å². The van der Waals surface area contributed by atoms with Gasteiger partial charge in [0.1, 0.15) is 5.41 Å². The summed E-state index contributed by atoms with van der Waals surface area (Å²) in [5, 5.41) is 12.8. The van der Waals surface area contributed by atoms with E-state index in [-0.39, 0.29) is 0 Å². The Hall–Kier alpha value is -3.59. The molecule has 0 unspecified atom stereocenters. The summed E-state index contributed by atoms with van der Waals surface area (Å²) in [5.41, 5.74) is 1.58. The van der Waals surface area contributed by atoms with Crippen LogP contribution >= 0.6 is 0 Å². The molecule has 0 radical (unpaired) electrons. The fourth-order valence-corrected chi connectivity index (χ4v) is 4.13. The Morgan fingerprint density at radius 3 is 1.87 bits per heavy atom. The van der Waals surface area contributed by atoms with Crippen LogP contribution in [0.2, 0.25) is 0 Å². The SMILES string of the molecule is CN(CCC(C(=O)O)(c1ccccc1)c1ccccc1)c1ccc2ccccc2c1. The Morgan fingerprint density at radius 2 is 1.30 bits per heavy atom. The highest BCUT2D eigenvalue weighted by Gasteiger charge is 2.42. The Morgan fingerprint density at radius 1 is 0.767 bits per heavy atom. The Labute approximate surface area is 177 Å². The number of rotatable bonds is 7. The number of carboxylic acids is 1. The molecule has 4 rings (SSSR count). The third kappa shape index (κ3) is 3.67. The smallest absolute Gasteiger partial charge is 0.318 e. The number of fused-ring (bicyclic) bond motifs is 1. The molecule has 0 saturated heterocycles. The molecule has 0 amide bonds. The number of anilines is 1. The second-order valence-electron chi connectivity index (χ2n) is 7.65. The molecule has 30 heavy (non-hydrogen) atoms. The van der Waals surface area contributed by atoms with Crippen LogP contribution in [0, 0.1) is 0 Å². The second kappa shape index (κ2) is 8.42. The molecular formula is C27H25NO2. The monoisotopic (exact) mass is 395 g/mol. The van der Waals surface area contributed by atoms with Crippen molar-refractivity contribution in [2.24, 2.45) is 0 Å². The van der Waals surface area contributed by atoms with Crippen LogP contribution < -0.4 is 4.90 Å². The first kappa shape index (κ1) is 19.7. The molecule has 0 aromatic heterocycles. The van der Waals surface area contributed by atoms with E-state index in [9.17, 15) is 9.90 Å². The standard InChI is InChI=1S/C27H25NO2/c1-28(25-17-16-21-10-8-9-11-22(21)20-25)19-18-27(26(29)30,23-12-4-2-5-13-23)24-14-6-3-7-15-24/h2-17,20H,18-19H2,1H3,(H,29,30). The fraction of sp³-hybridized carbons (Fsp3) is 0.148. The zero-order valence-corrected chi connectivity index (χ0v) is 17.0. The molecule has 0 spiro atoms. The van der Waals surface area contributed by atoms with Crippen molar-refractivity contribution < 1.29 is 9.90 Å². The van der Waals surface area contributed by atoms with E-state index < -0.39 is 11.4 Å². The van der Waals surface area contributed by atoms with Crippen molar-refractivity contribution in [1.82, 2.24) is 0 Å². The van der Waals surface area contributed by atoms with Crippen molar-refractivity contribution in [3.8, 4) is 0 Å². The molecule has 150 valence electrons. The summed E-state index contributed by atoms with van der Waals surface area (Å²) < 4.78 is 0. The minimum atomic E-state index is -1.10. The average molecular weight is 396 g/mol. The highest BCUT2D eigenvalue weighted by molar-refractivity contribution is 5.87. The normalized spacial score (nSPS) is 11.4. The van der Waals surface area contributed by atoms with E-state index in [0.717, 1.165) is 16.8 Å². The molecule has 0 saturated carbocycles. The van der Waals surface area contributed by atoms with Crippen LogP contribution in [0.15, 0.2) is 103 Å². The van der Waals surface area contributed by atoms with Crippen LogP contribution in [0.25, 0.3) is 10.8 Å². The first-order valence-corrected chi connectivity index (χ1v) is 10.2. The van der Waals surface area contributed by atoms with Gasteiger partial charge in [-0.2, -0.15) is 0 Å². The van der Waals surface area contributed by atoms with Crippen LogP contribution in [0.3, 0.4) is 0 Å². The summed E-state index contributed by atoms with van der Waals surface area (Å²) in [6.07, 6.45) is 0.458. The van der Waals surface area contributed by atoms with E-state index in [4.69, 9.17) is 0 Å². The molecular weight excluding hydrogens is 370 g/mol. The van der Waals surface area contributed by atoms with Gasteiger partial charge in [0.25, 0.3) is 0 Å². The van der Waals surface area contributed by atoms with E-state index in [2.05, 4.69) is 35.2 Å². The van der Waals surface area contributed by atoms with Crippen molar-refractivity contribution in [3.63, 3.8) is 0 Å². The third-order valence-electron chi connectivity index (χ3n) is 5.89. The summed E-state index contributed by atoms with van der Waals surface area (Å²) >= 11 is 0. The summed E-state index contributed by atoms with van der Waals surface area (Å²) in [5.74, 6) is -0.827. The van der Waals surface area contributed by atoms with Gasteiger partial charge < -0.3 is 10.0 Å². The number of aliphatic carboxylic acids is 1. The zero-order valence-electron chi connectivity index (χ0n) is 17.0. The number of carboxylic acid groups (broad SMARTS) is 1. The van der Waals surface area contributed by atoms with Crippen molar-refractivity contribution in [3.05, 3.63) is 114 Å². The molecule has 1 N–H and O–H groups in total. The predicted octanol–water partition coefficient (Wildman–Crippen LogP) is 5.74. The van der Waals surface area contributed by atoms with Crippen LogP contribution in [-0.2, 0) is 10.2 Å². The minimum Gasteiger partial charge on any atom is -0.480 e.